The minimum atomic E-state index is -0.784. The molecule has 0 radical (unpaired) electrons. The number of hydrogen-bond acceptors (Lipinski definition) is 3. The second kappa shape index (κ2) is 5.06. The lowest BCUT2D eigenvalue weighted by Crippen LogP contribution is -2.10. The van der Waals surface area contributed by atoms with E-state index in [1.165, 1.54) is 0 Å². The van der Waals surface area contributed by atoms with Crippen molar-refractivity contribution in [1.82, 2.24) is 9.78 Å². The summed E-state index contributed by atoms with van der Waals surface area (Å²) < 4.78 is 7.93. The van der Waals surface area contributed by atoms with E-state index in [1.807, 2.05) is 13.0 Å². The fourth-order valence-corrected chi connectivity index (χ4v) is 2.34. The number of hydrogen-bond donors (Lipinski definition) is 1. The molecule has 0 bridgehead atoms. The summed E-state index contributed by atoms with van der Waals surface area (Å²) in [5.74, 6) is 0.573. The highest BCUT2D eigenvalue weighted by Gasteiger charge is 2.23. The number of aryl methyl sites for hydroxylation is 2. The van der Waals surface area contributed by atoms with E-state index in [0.717, 1.165) is 28.7 Å². The smallest absolute Gasteiger partial charge is 0.154 e. The highest BCUT2D eigenvalue weighted by atomic mass is 79.9. The number of aliphatic hydroxyl groups excluding tert-OH is 1. The Morgan fingerprint density at radius 2 is 2.35 bits per heavy atom. The Labute approximate surface area is 108 Å². The molecule has 4 nitrogen and oxygen atoms in total. The Bertz CT molecular complexity index is 504. The first-order valence-corrected chi connectivity index (χ1v) is 6.37. The van der Waals surface area contributed by atoms with E-state index in [4.69, 9.17) is 4.42 Å². The zero-order chi connectivity index (χ0) is 12.4. The van der Waals surface area contributed by atoms with Crippen LogP contribution in [0.4, 0.5) is 0 Å². The Morgan fingerprint density at radius 1 is 1.59 bits per heavy atom. The molecule has 0 spiro atoms. The largest absolute Gasteiger partial charge is 0.466 e. The van der Waals surface area contributed by atoms with Crippen molar-refractivity contribution in [2.45, 2.75) is 32.9 Å². The van der Waals surface area contributed by atoms with Crippen LogP contribution in [0.5, 0.6) is 0 Å². The third-order valence-corrected chi connectivity index (χ3v) is 3.29. The maximum absolute atomic E-state index is 10.4. The Kier molecular flexibility index (Phi) is 3.69. The Balaban J connectivity index is 2.39. The van der Waals surface area contributed by atoms with Gasteiger partial charge in [-0.05, 0) is 40.9 Å². The summed E-state index contributed by atoms with van der Waals surface area (Å²) >= 11 is 3.41. The van der Waals surface area contributed by atoms with Gasteiger partial charge in [0, 0.05) is 6.54 Å². The van der Waals surface area contributed by atoms with Gasteiger partial charge in [0.2, 0.25) is 0 Å². The molecule has 1 unspecified atom stereocenters. The molecule has 2 heterocycles. The quantitative estimate of drug-likeness (QED) is 0.944. The topological polar surface area (TPSA) is 51.2 Å². The number of nitrogens with zero attached hydrogens (tertiary/aromatic N) is 2. The van der Waals surface area contributed by atoms with Crippen molar-refractivity contribution in [3.63, 3.8) is 0 Å². The molecule has 92 valence electrons. The zero-order valence-electron chi connectivity index (χ0n) is 9.85. The van der Waals surface area contributed by atoms with Crippen LogP contribution in [0, 0.1) is 6.92 Å². The second-order valence-electron chi connectivity index (χ2n) is 3.97. The molecule has 0 amide bonds. The number of aromatic nitrogens is 2. The van der Waals surface area contributed by atoms with Gasteiger partial charge >= 0.3 is 0 Å². The maximum atomic E-state index is 10.4. The normalized spacial score (nSPS) is 12.9. The predicted octanol–water partition coefficient (Wildman–Crippen LogP) is 3.04. The molecule has 2 rings (SSSR count). The lowest BCUT2D eigenvalue weighted by Gasteiger charge is -2.12. The third-order valence-electron chi connectivity index (χ3n) is 2.68. The molecular formula is C12H15BrN2O2. The molecule has 0 aliphatic rings. The predicted molar refractivity (Wildman–Crippen MR) is 67.7 cm³/mol. The number of halogens is 1. The molecule has 1 atom stereocenters. The average Bonchev–Trinajstić information content (AvgIpc) is 2.86. The Morgan fingerprint density at radius 3 is 2.94 bits per heavy atom. The van der Waals surface area contributed by atoms with Crippen molar-refractivity contribution < 1.29 is 9.52 Å². The first-order valence-electron chi connectivity index (χ1n) is 5.58. The van der Waals surface area contributed by atoms with Gasteiger partial charge in [-0.3, -0.25) is 4.68 Å². The number of rotatable bonds is 4. The van der Waals surface area contributed by atoms with E-state index >= 15 is 0 Å². The summed E-state index contributed by atoms with van der Waals surface area (Å²) in [4.78, 5) is 0. The fraction of sp³-hybridized carbons (Fsp3) is 0.417. The van der Waals surface area contributed by atoms with Gasteiger partial charge in [0.05, 0.1) is 22.6 Å². The highest BCUT2D eigenvalue weighted by molar-refractivity contribution is 9.10. The molecule has 2 aromatic rings. The minimum absolute atomic E-state index is 0.573. The van der Waals surface area contributed by atoms with Gasteiger partial charge < -0.3 is 9.52 Å². The van der Waals surface area contributed by atoms with Gasteiger partial charge in [-0.15, -0.1) is 0 Å². The molecule has 0 saturated heterocycles. The van der Waals surface area contributed by atoms with Gasteiger partial charge in [-0.2, -0.15) is 5.10 Å². The molecular weight excluding hydrogens is 284 g/mol. The summed E-state index contributed by atoms with van der Waals surface area (Å²) in [6, 6.07) is 1.84. The zero-order valence-corrected chi connectivity index (χ0v) is 11.4. The third kappa shape index (κ3) is 2.30. The second-order valence-corrected chi connectivity index (χ2v) is 4.83. The van der Waals surface area contributed by atoms with E-state index < -0.39 is 6.10 Å². The van der Waals surface area contributed by atoms with Crippen molar-refractivity contribution in [3.05, 3.63) is 40.0 Å². The molecule has 0 aliphatic heterocycles. The van der Waals surface area contributed by atoms with Gasteiger partial charge in [0.25, 0.3) is 0 Å². The average molecular weight is 299 g/mol. The summed E-state index contributed by atoms with van der Waals surface area (Å²) in [6.45, 7) is 4.76. The molecule has 1 N–H and O–H groups in total. The first-order chi connectivity index (χ1) is 8.15. The van der Waals surface area contributed by atoms with Crippen LogP contribution < -0.4 is 0 Å². The van der Waals surface area contributed by atoms with Crippen LogP contribution in [0.15, 0.2) is 27.4 Å². The Hall–Kier alpha value is -1.07. The van der Waals surface area contributed by atoms with Crippen LogP contribution in [0.1, 0.15) is 36.5 Å². The summed E-state index contributed by atoms with van der Waals surface area (Å²) in [5.41, 5.74) is 1.68. The van der Waals surface area contributed by atoms with Crippen molar-refractivity contribution in [3.8, 4) is 0 Å². The van der Waals surface area contributed by atoms with Crippen molar-refractivity contribution >= 4 is 15.9 Å². The molecule has 0 aromatic carbocycles. The van der Waals surface area contributed by atoms with Crippen molar-refractivity contribution in [2.75, 3.05) is 0 Å². The van der Waals surface area contributed by atoms with E-state index in [9.17, 15) is 5.11 Å². The molecule has 0 fully saturated rings. The minimum Gasteiger partial charge on any atom is -0.466 e. The highest BCUT2D eigenvalue weighted by Crippen LogP contribution is 2.30. The SMILES string of the molecule is CCCn1ncc(Br)c1C(O)c1occc1C. The van der Waals surface area contributed by atoms with Gasteiger partial charge in [0.15, 0.2) is 6.10 Å². The number of furan rings is 1. The van der Waals surface area contributed by atoms with Crippen LogP contribution in [0.3, 0.4) is 0 Å². The van der Waals surface area contributed by atoms with Gasteiger partial charge in [-0.25, -0.2) is 0 Å². The van der Waals surface area contributed by atoms with Gasteiger partial charge in [-0.1, -0.05) is 6.92 Å². The van der Waals surface area contributed by atoms with E-state index in [-0.39, 0.29) is 0 Å². The monoisotopic (exact) mass is 298 g/mol. The van der Waals surface area contributed by atoms with Crippen molar-refractivity contribution in [2.24, 2.45) is 0 Å². The summed E-state index contributed by atoms with van der Waals surface area (Å²) in [7, 11) is 0. The van der Waals surface area contributed by atoms with Crippen LogP contribution in [0.2, 0.25) is 0 Å². The van der Waals surface area contributed by atoms with Gasteiger partial charge in [0.1, 0.15) is 5.76 Å². The van der Waals surface area contributed by atoms with Crippen LogP contribution in [0.25, 0.3) is 0 Å². The van der Waals surface area contributed by atoms with E-state index in [2.05, 4.69) is 28.0 Å². The lowest BCUT2D eigenvalue weighted by atomic mass is 10.1. The molecule has 0 aliphatic carbocycles. The van der Waals surface area contributed by atoms with Crippen LogP contribution >= 0.6 is 15.9 Å². The van der Waals surface area contributed by atoms with Crippen LogP contribution in [-0.4, -0.2) is 14.9 Å². The number of aliphatic hydroxyl groups is 1. The van der Waals surface area contributed by atoms with Crippen molar-refractivity contribution in [1.29, 1.82) is 0 Å². The van der Waals surface area contributed by atoms with E-state index in [1.54, 1.807) is 17.1 Å². The molecule has 0 saturated carbocycles. The van der Waals surface area contributed by atoms with E-state index in [0.29, 0.717) is 5.76 Å². The fourth-order valence-electron chi connectivity index (χ4n) is 1.82. The summed E-state index contributed by atoms with van der Waals surface area (Å²) in [5, 5.41) is 14.6. The standard InChI is InChI=1S/C12H15BrN2O2/c1-3-5-15-10(9(13)7-14-15)11(16)12-8(2)4-6-17-12/h4,6-7,11,16H,3,5H2,1-2H3. The molecule has 17 heavy (non-hydrogen) atoms. The van der Waals surface area contributed by atoms with Crippen LogP contribution in [-0.2, 0) is 6.54 Å². The maximum Gasteiger partial charge on any atom is 0.154 e. The lowest BCUT2D eigenvalue weighted by molar-refractivity contribution is 0.176. The molecule has 5 heteroatoms. The molecule has 2 aromatic heterocycles. The summed E-state index contributed by atoms with van der Waals surface area (Å²) in [6.07, 6.45) is 3.47. The first kappa shape index (κ1) is 12.4.